The number of rotatable bonds is 7. The average molecular weight is 432 g/mol. The van der Waals surface area contributed by atoms with Gasteiger partial charge in [0.2, 0.25) is 11.8 Å². The van der Waals surface area contributed by atoms with Crippen LogP contribution in [-0.2, 0) is 22.4 Å². The van der Waals surface area contributed by atoms with Gasteiger partial charge in [-0.1, -0.05) is 65.8 Å². The molecule has 0 radical (unpaired) electrons. The third-order valence-electron chi connectivity index (χ3n) is 5.93. The number of carbonyl (C=O) groups is 2. The SMILES string of the molecule is CC(C)NC(=O)[C@]1(Cc2cc(-c3ccccc3)no2)CCCN1C(=O)Cc1ccccc1. The van der Waals surface area contributed by atoms with Gasteiger partial charge in [-0.3, -0.25) is 9.59 Å². The van der Waals surface area contributed by atoms with E-state index in [1.807, 2.05) is 80.6 Å². The lowest BCUT2D eigenvalue weighted by Crippen LogP contribution is -2.60. The highest BCUT2D eigenvalue weighted by molar-refractivity contribution is 5.93. The van der Waals surface area contributed by atoms with Gasteiger partial charge < -0.3 is 14.7 Å². The number of likely N-dealkylation sites (tertiary alicyclic amines) is 1. The molecule has 2 aromatic carbocycles. The van der Waals surface area contributed by atoms with Gasteiger partial charge in [0.1, 0.15) is 17.0 Å². The van der Waals surface area contributed by atoms with Crippen LogP contribution in [0.25, 0.3) is 11.3 Å². The Kier molecular flexibility index (Phi) is 6.40. The van der Waals surface area contributed by atoms with Crippen LogP contribution in [0.15, 0.2) is 71.3 Å². The molecule has 1 aliphatic rings. The van der Waals surface area contributed by atoms with E-state index in [9.17, 15) is 9.59 Å². The number of carbonyl (C=O) groups excluding carboxylic acids is 2. The summed E-state index contributed by atoms with van der Waals surface area (Å²) in [5, 5.41) is 7.25. The zero-order chi connectivity index (χ0) is 22.6. The second kappa shape index (κ2) is 9.39. The minimum absolute atomic E-state index is 0.0272. The van der Waals surface area contributed by atoms with Gasteiger partial charge in [0.25, 0.3) is 0 Å². The summed E-state index contributed by atoms with van der Waals surface area (Å²) in [5.74, 6) is 0.418. The van der Waals surface area contributed by atoms with Crippen LogP contribution in [0, 0.1) is 0 Å². The molecule has 0 spiro atoms. The van der Waals surface area contributed by atoms with E-state index in [2.05, 4.69) is 10.5 Å². The van der Waals surface area contributed by atoms with Crippen molar-refractivity contribution < 1.29 is 14.1 Å². The third-order valence-corrected chi connectivity index (χ3v) is 5.93. The molecule has 1 saturated heterocycles. The first-order valence-electron chi connectivity index (χ1n) is 11.1. The Balaban J connectivity index is 1.62. The molecule has 1 aromatic heterocycles. The van der Waals surface area contributed by atoms with Crippen molar-refractivity contribution in [2.45, 2.75) is 51.1 Å². The molecule has 0 saturated carbocycles. The van der Waals surface area contributed by atoms with Crippen LogP contribution in [-0.4, -0.2) is 40.0 Å². The fourth-order valence-electron chi connectivity index (χ4n) is 4.43. The minimum atomic E-state index is -0.983. The summed E-state index contributed by atoms with van der Waals surface area (Å²) in [7, 11) is 0. The second-order valence-corrected chi connectivity index (χ2v) is 8.69. The molecule has 0 aliphatic carbocycles. The normalized spacial score (nSPS) is 18.2. The summed E-state index contributed by atoms with van der Waals surface area (Å²) in [4.78, 5) is 28.5. The molecule has 6 nitrogen and oxygen atoms in total. The second-order valence-electron chi connectivity index (χ2n) is 8.69. The molecular weight excluding hydrogens is 402 g/mol. The van der Waals surface area contributed by atoms with Gasteiger partial charge in [0.15, 0.2) is 0 Å². The van der Waals surface area contributed by atoms with Crippen molar-refractivity contribution in [1.82, 2.24) is 15.4 Å². The third kappa shape index (κ3) is 4.59. The van der Waals surface area contributed by atoms with Crippen molar-refractivity contribution in [2.75, 3.05) is 6.54 Å². The predicted octanol–water partition coefficient (Wildman–Crippen LogP) is 4.01. The Morgan fingerprint density at radius 1 is 1.09 bits per heavy atom. The van der Waals surface area contributed by atoms with E-state index in [4.69, 9.17) is 4.52 Å². The van der Waals surface area contributed by atoms with E-state index < -0.39 is 5.54 Å². The number of nitrogens with zero attached hydrogens (tertiary/aromatic N) is 2. The summed E-state index contributed by atoms with van der Waals surface area (Å²) >= 11 is 0. The van der Waals surface area contributed by atoms with E-state index in [0.29, 0.717) is 25.1 Å². The molecule has 166 valence electrons. The minimum Gasteiger partial charge on any atom is -0.361 e. The first-order valence-corrected chi connectivity index (χ1v) is 11.1. The largest absolute Gasteiger partial charge is 0.361 e. The molecule has 1 fully saturated rings. The topological polar surface area (TPSA) is 75.4 Å². The van der Waals surface area contributed by atoms with Crippen LogP contribution in [0.1, 0.15) is 38.0 Å². The van der Waals surface area contributed by atoms with Gasteiger partial charge in [-0.05, 0) is 32.3 Å². The predicted molar refractivity (Wildman–Crippen MR) is 123 cm³/mol. The van der Waals surface area contributed by atoms with Crippen molar-refractivity contribution in [3.63, 3.8) is 0 Å². The maximum Gasteiger partial charge on any atom is 0.246 e. The Hall–Kier alpha value is -3.41. The van der Waals surface area contributed by atoms with Gasteiger partial charge >= 0.3 is 0 Å². The van der Waals surface area contributed by atoms with E-state index in [0.717, 1.165) is 23.2 Å². The number of aromatic nitrogens is 1. The highest BCUT2D eigenvalue weighted by Gasteiger charge is 2.50. The Morgan fingerprint density at radius 2 is 1.78 bits per heavy atom. The first-order chi connectivity index (χ1) is 15.5. The molecule has 2 amide bonds. The highest BCUT2D eigenvalue weighted by Crippen LogP contribution is 2.35. The van der Waals surface area contributed by atoms with Gasteiger partial charge in [-0.25, -0.2) is 0 Å². The lowest BCUT2D eigenvalue weighted by Gasteiger charge is -2.37. The van der Waals surface area contributed by atoms with Crippen molar-refractivity contribution in [3.05, 3.63) is 78.1 Å². The van der Waals surface area contributed by atoms with Crippen LogP contribution in [0.3, 0.4) is 0 Å². The summed E-state index contributed by atoms with van der Waals surface area (Å²) in [6.07, 6.45) is 1.92. The Morgan fingerprint density at radius 3 is 2.47 bits per heavy atom. The van der Waals surface area contributed by atoms with Crippen LogP contribution in [0.4, 0.5) is 0 Å². The molecule has 1 aliphatic heterocycles. The summed E-state index contributed by atoms with van der Waals surface area (Å²) < 4.78 is 5.64. The molecule has 2 heterocycles. The fourth-order valence-corrected chi connectivity index (χ4v) is 4.43. The van der Waals surface area contributed by atoms with Crippen LogP contribution < -0.4 is 5.32 Å². The molecule has 0 bridgehead atoms. The van der Waals surface area contributed by atoms with Crippen molar-refractivity contribution >= 4 is 11.8 Å². The maximum atomic E-state index is 13.5. The van der Waals surface area contributed by atoms with Gasteiger partial charge in [0.05, 0.1) is 6.42 Å². The Bertz CT molecular complexity index is 1060. The van der Waals surface area contributed by atoms with Gasteiger partial charge in [0, 0.05) is 30.6 Å². The lowest BCUT2D eigenvalue weighted by molar-refractivity contribution is -0.145. The lowest BCUT2D eigenvalue weighted by atomic mass is 9.88. The highest BCUT2D eigenvalue weighted by atomic mass is 16.5. The van der Waals surface area contributed by atoms with E-state index in [1.54, 1.807) is 4.90 Å². The van der Waals surface area contributed by atoms with Crippen molar-refractivity contribution in [3.8, 4) is 11.3 Å². The standard InChI is InChI=1S/C26H29N3O3/c1-19(2)27-25(31)26(18-22-17-23(28-32-22)21-12-7-4-8-13-21)14-9-15-29(26)24(30)16-20-10-5-3-6-11-20/h3-8,10-13,17,19H,9,14-16,18H2,1-2H3,(H,27,31)/t26-/m1/s1. The number of nitrogens with one attached hydrogen (secondary N) is 1. The number of hydrogen-bond donors (Lipinski definition) is 1. The zero-order valence-corrected chi connectivity index (χ0v) is 18.6. The Labute approximate surface area is 188 Å². The molecule has 1 N–H and O–H groups in total. The van der Waals surface area contributed by atoms with E-state index in [1.165, 1.54) is 0 Å². The average Bonchev–Trinajstić information content (AvgIpc) is 3.43. The van der Waals surface area contributed by atoms with Crippen LogP contribution >= 0.6 is 0 Å². The van der Waals surface area contributed by atoms with Crippen molar-refractivity contribution in [1.29, 1.82) is 0 Å². The molecular formula is C26H29N3O3. The smallest absolute Gasteiger partial charge is 0.246 e. The van der Waals surface area contributed by atoms with Gasteiger partial charge in [-0.2, -0.15) is 0 Å². The number of amides is 2. The maximum absolute atomic E-state index is 13.5. The molecule has 3 aromatic rings. The van der Waals surface area contributed by atoms with Crippen molar-refractivity contribution in [2.24, 2.45) is 0 Å². The molecule has 6 heteroatoms. The molecule has 4 rings (SSSR count). The molecule has 1 atom stereocenters. The van der Waals surface area contributed by atoms with E-state index in [-0.39, 0.29) is 24.3 Å². The molecule has 32 heavy (non-hydrogen) atoms. The fraction of sp³-hybridized carbons (Fsp3) is 0.346. The monoisotopic (exact) mass is 431 g/mol. The van der Waals surface area contributed by atoms with E-state index >= 15 is 0 Å². The summed E-state index contributed by atoms with van der Waals surface area (Å²) in [6, 6.07) is 21.3. The summed E-state index contributed by atoms with van der Waals surface area (Å²) in [6.45, 7) is 4.41. The summed E-state index contributed by atoms with van der Waals surface area (Å²) in [5.41, 5.74) is 1.63. The first kappa shape index (κ1) is 21.8. The van der Waals surface area contributed by atoms with Gasteiger partial charge in [-0.15, -0.1) is 0 Å². The zero-order valence-electron chi connectivity index (χ0n) is 18.6. The molecule has 0 unspecified atom stereocenters. The quantitative estimate of drug-likeness (QED) is 0.613. The van der Waals surface area contributed by atoms with Crippen LogP contribution in [0.2, 0.25) is 0 Å². The number of benzene rings is 2. The number of hydrogen-bond acceptors (Lipinski definition) is 4. The van der Waals surface area contributed by atoms with Crippen LogP contribution in [0.5, 0.6) is 0 Å².